The summed E-state index contributed by atoms with van der Waals surface area (Å²) < 4.78 is 0.159. The third-order valence-corrected chi connectivity index (χ3v) is 9.73. The number of phenols is 1. The molecule has 4 atom stereocenters. The minimum Gasteiger partial charge on any atom is -0.508 e. The average molecular weight is 656 g/mol. The maximum Gasteiger partial charge on any atom is 0.238 e. The summed E-state index contributed by atoms with van der Waals surface area (Å²) in [5, 5.41) is 13.6. The number of amides is 2. The Morgan fingerprint density at radius 2 is 1.60 bits per heavy atom. The number of fused-ring (bicyclic) bond motifs is 3. The molecule has 1 aliphatic heterocycles. The first-order valence-corrected chi connectivity index (χ1v) is 15.1. The number of aromatic hydroxyl groups is 1. The number of ketones is 2. The first-order chi connectivity index (χ1) is 20.7. The molecule has 1 fully saturated rings. The minimum atomic E-state index is -0.699. The number of Topliss-reactive ketones (excluding diaryl/α,β-unsaturated/α-hetero) is 1. The second-order valence-electron chi connectivity index (χ2n) is 11.1. The first-order valence-electron chi connectivity index (χ1n) is 13.9. The Morgan fingerprint density at radius 3 is 2.33 bits per heavy atom. The summed E-state index contributed by atoms with van der Waals surface area (Å²) in [6, 6.07) is 21.4. The van der Waals surface area contributed by atoms with Gasteiger partial charge in [-0.25, -0.2) is 0 Å². The van der Waals surface area contributed by atoms with Gasteiger partial charge < -0.3 is 10.4 Å². The van der Waals surface area contributed by atoms with E-state index in [-0.39, 0.29) is 45.1 Å². The number of carbonyl (C=O) groups is 4. The summed E-state index contributed by atoms with van der Waals surface area (Å²) in [5.41, 5.74) is 4.22. The predicted octanol–water partition coefficient (Wildman–Crippen LogP) is 6.76. The maximum absolute atomic E-state index is 14.1. The zero-order valence-corrected chi connectivity index (χ0v) is 24.9. The number of anilines is 3. The predicted molar refractivity (Wildman–Crippen MR) is 166 cm³/mol. The van der Waals surface area contributed by atoms with Crippen LogP contribution in [0.1, 0.15) is 24.3 Å². The quantitative estimate of drug-likeness (QED) is 0.183. The zero-order valence-electron chi connectivity index (χ0n) is 22.6. The second kappa shape index (κ2) is 10.5. The zero-order chi connectivity index (χ0) is 30.0. The second-order valence-corrected chi connectivity index (χ2v) is 12.4. The highest BCUT2D eigenvalue weighted by Gasteiger charge is 2.56. The van der Waals surface area contributed by atoms with Crippen molar-refractivity contribution < 1.29 is 24.3 Å². The average Bonchev–Trinajstić information content (AvgIpc) is 3.25. The number of halogens is 2. The van der Waals surface area contributed by atoms with Crippen LogP contribution in [0, 0.1) is 17.8 Å². The maximum atomic E-state index is 14.1. The number of carbonyl (C=O) groups excluding carboxylic acids is 4. The van der Waals surface area contributed by atoms with Crippen molar-refractivity contribution in [3.63, 3.8) is 0 Å². The molecule has 0 aromatic heterocycles. The van der Waals surface area contributed by atoms with Crippen molar-refractivity contribution >= 4 is 68.0 Å². The number of hydrogen-bond acceptors (Lipinski definition) is 6. The lowest BCUT2D eigenvalue weighted by molar-refractivity contribution is -0.123. The molecule has 0 saturated carbocycles. The van der Waals surface area contributed by atoms with Gasteiger partial charge in [0.05, 0.1) is 22.0 Å². The normalized spacial score (nSPS) is 24.7. The van der Waals surface area contributed by atoms with Gasteiger partial charge in [-0.2, -0.15) is 0 Å². The van der Waals surface area contributed by atoms with E-state index >= 15 is 0 Å². The molecule has 3 aliphatic carbocycles. The van der Waals surface area contributed by atoms with Crippen LogP contribution in [0.15, 0.2) is 106 Å². The fourth-order valence-electron chi connectivity index (χ4n) is 6.95. The molecule has 214 valence electrons. The Balaban J connectivity index is 1.26. The fraction of sp³-hybridized carbons (Fsp3) is 0.176. The van der Waals surface area contributed by atoms with Crippen LogP contribution >= 0.6 is 27.5 Å². The summed E-state index contributed by atoms with van der Waals surface area (Å²) in [5.74, 6) is -3.70. The number of nitrogens with zero attached hydrogens (tertiary/aromatic N) is 1. The molecule has 0 spiro atoms. The number of nitrogens with one attached hydrogen (secondary N) is 1. The van der Waals surface area contributed by atoms with Crippen LogP contribution in [0.2, 0.25) is 5.02 Å². The topological polar surface area (TPSA) is 104 Å². The number of imide groups is 1. The van der Waals surface area contributed by atoms with Crippen molar-refractivity contribution in [2.75, 3.05) is 10.2 Å². The van der Waals surface area contributed by atoms with E-state index in [9.17, 15) is 24.3 Å². The minimum absolute atomic E-state index is 0.0288. The number of rotatable bonds is 4. The molecule has 4 aliphatic rings. The monoisotopic (exact) mass is 654 g/mol. The Bertz CT molecular complexity index is 1830. The van der Waals surface area contributed by atoms with Crippen molar-refractivity contribution in [2.24, 2.45) is 17.8 Å². The van der Waals surface area contributed by atoms with Crippen molar-refractivity contribution in [1.29, 1.82) is 0 Å². The van der Waals surface area contributed by atoms with Gasteiger partial charge in [0.2, 0.25) is 11.8 Å². The Morgan fingerprint density at radius 1 is 0.884 bits per heavy atom. The van der Waals surface area contributed by atoms with E-state index in [0.717, 1.165) is 16.9 Å². The van der Waals surface area contributed by atoms with Crippen LogP contribution in [0.25, 0.3) is 0 Å². The molecular formula is C34H24BrClN2O5. The molecule has 0 radical (unpaired) electrons. The molecule has 43 heavy (non-hydrogen) atoms. The Kier molecular flexibility index (Phi) is 6.71. The molecule has 3 aromatic carbocycles. The highest BCUT2D eigenvalue weighted by Crippen LogP contribution is 2.56. The van der Waals surface area contributed by atoms with Crippen molar-refractivity contribution in [1.82, 2.24) is 0 Å². The molecule has 4 unspecified atom stereocenters. The lowest BCUT2D eigenvalue weighted by atomic mass is 9.59. The summed E-state index contributed by atoms with van der Waals surface area (Å²) in [6.07, 6.45) is 3.70. The van der Waals surface area contributed by atoms with E-state index in [2.05, 4.69) is 21.2 Å². The van der Waals surface area contributed by atoms with Gasteiger partial charge in [-0.15, -0.1) is 0 Å². The number of hydrogen-bond donors (Lipinski definition) is 2. The van der Waals surface area contributed by atoms with E-state index in [4.69, 9.17) is 11.6 Å². The largest absolute Gasteiger partial charge is 0.508 e. The third-order valence-electron chi connectivity index (χ3n) is 8.81. The Labute approximate surface area is 260 Å². The van der Waals surface area contributed by atoms with Crippen LogP contribution in [0.5, 0.6) is 5.75 Å². The highest BCUT2D eigenvalue weighted by molar-refractivity contribution is 9.12. The molecule has 2 N–H and O–H groups in total. The molecule has 2 amide bonds. The number of allylic oxidation sites excluding steroid dienone is 6. The smallest absolute Gasteiger partial charge is 0.238 e. The van der Waals surface area contributed by atoms with Gasteiger partial charge in [-0.1, -0.05) is 47.5 Å². The first kappa shape index (κ1) is 27.6. The standard InChI is InChI=1S/C34H24BrClN2O5/c35-26-16-28(40)31-25(32(26)41)15-24-21(29(31)22-11-10-20(39)14-27(22)36)12-13-23-30(24)34(43)38(33(23)42)19-8-6-18(7-9-19)37-17-4-2-1-3-5-17/h1-12,14,16,23-24,29-30,37,39H,13,15H2. The van der Waals surface area contributed by atoms with Gasteiger partial charge >= 0.3 is 0 Å². The van der Waals surface area contributed by atoms with Crippen molar-refractivity contribution in [3.05, 3.63) is 117 Å². The third kappa shape index (κ3) is 4.48. The molecule has 7 nitrogen and oxygen atoms in total. The summed E-state index contributed by atoms with van der Waals surface area (Å²) >= 11 is 9.84. The Hall–Kier alpha value is -4.27. The van der Waals surface area contributed by atoms with E-state index in [0.29, 0.717) is 28.8 Å². The van der Waals surface area contributed by atoms with Gasteiger partial charge in [0.25, 0.3) is 0 Å². The summed E-state index contributed by atoms with van der Waals surface area (Å²) in [4.78, 5) is 55.9. The van der Waals surface area contributed by atoms with Gasteiger partial charge in [-0.3, -0.25) is 24.1 Å². The van der Waals surface area contributed by atoms with Gasteiger partial charge in [0, 0.05) is 39.5 Å². The molecular weight excluding hydrogens is 632 g/mol. The van der Waals surface area contributed by atoms with E-state index in [1.54, 1.807) is 18.2 Å². The van der Waals surface area contributed by atoms with Gasteiger partial charge in [0.15, 0.2) is 11.6 Å². The van der Waals surface area contributed by atoms with Crippen molar-refractivity contribution in [3.8, 4) is 5.75 Å². The molecule has 3 aromatic rings. The molecule has 1 heterocycles. The SMILES string of the molecule is O=C1C=C(Br)C(=O)C2=C1C(c1ccc(O)cc1Cl)C1=CCC3C(=O)N(c4ccc(Nc5ccccc5)cc4)C(=O)C3C1C2. The summed E-state index contributed by atoms with van der Waals surface area (Å²) in [7, 11) is 0. The van der Waals surface area contributed by atoms with Crippen LogP contribution in [0.3, 0.4) is 0 Å². The van der Waals surface area contributed by atoms with Gasteiger partial charge in [0.1, 0.15) is 5.75 Å². The molecule has 0 bridgehead atoms. The fourth-order valence-corrected chi connectivity index (χ4v) is 7.68. The summed E-state index contributed by atoms with van der Waals surface area (Å²) in [6.45, 7) is 0. The van der Waals surface area contributed by atoms with Crippen LogP contribution < -0.4 is 10.2 Å². The highest BCUT2D eigenvalue weighted by atomic mass is 79.9. The number of benzene rings is 3. The van der Waals surface area contributed by atoms with E-state index < -0.39 is 23.7 Å². The van der Waals surface area contributed by atoms with E-state index in [1.165, 1.54) is 23.1 Å². The molecule has 9 heteroatoms. The van der Waals surface area contributed by atoms with Crippen LogP contribution in [0.4, 0.5) is 17.1 Å². The number of phenolic OH excluding ortho intramolecular Hbond substituents is 1. The lowest BCUT2D eigenvalue weighted by Gasteiger charge is -2.42. The molecule has 7 rings (SSSR count). The molecule has 1 saturated heterocycles. The van der Waals surface area contributed by atoms with Gasteiger partial charge in [-0.05, 0) is 88.8 Å². The van der Waals surface area contributed by atoms with Crippen LogP contribution in [-0.2, 0) is 19.2 Å². The lowest BCUT2D eigenvalue weighted by Crippen LogP contribution is -2.39. The number of para-hydroxylation sites is 1. The van der Waals surface area contributed by atoms with Crippen molar-refractivity contribution in [2.45, 2.75) is 18.8 Å². The van der Waals surface area contributed by atoms with Crippen LogP contribution in [-0.4, -0.2) is 28.5 Å². The van der Waals surface area contributed by atoms with E-state index in [1.807, 2.05) is 48.5 Å².